The van der Waals surface area contributed by atoms with Crippen LogP contribution in [0.5, 0.6) is 5.75 Å². The van der Waals surface area contributed by atoms with Crippen LogP contribution < -0.4 is 10.1 Å². The summed E-state index contributed by atoms with van der Waals surface area (Å²) >= 11 is 0. The molecule has 0 aliphatic heterocycles. The third kappa shape index (κ3) is 4.00. The monoisotopic (exact) mass is 403 g/mol. The maximum Gasteiger partial charge on any atom is 0.248 e. The number of benzene rings is 2. The molecule has 0 saturated heterocycles. The molecule has 0 saturated carbocycles. The molecule has 4 heteroatoms. The summed E-state index contributed by atoms with van der Waals surface area (Å²) in [5.41, 5.74) is 5.99. The van der Waals surface area contributed by atoms with Gasteiger partial charge in [-0.15, -0.1) is 0 Å². The summed E-state index contributed by atoms with van der Waals surface area (Å²) in [6.45, 7) is 6.57. The Kier molecular flexibility index (Phi) is 5.93. The van der Waals surface area contributed by atoms with Crippen LogP contribution in [-0.2, 0) is 24.1 Å². The number of amides is 1. The number of allylic oxidation sites excluding steroid dienone is 1. The van der Waals surface area contributed by atoms with Crippen molar-refractivity contribution in [1.29, 1.82) is 0 Å². The normalized spacial score (nSPS) is 13.9. The zero-order valence-electron chi connectivity index (χ0n) is 18.0. The second-order valence-electron chi connectivity index (χ2n) is 7.82. The first-order chi connectivity index (χ1) is 14.6. The molecule has 1 N–H and O–H groups in total. The van der Waals surface area contributed by atoms with Crippen molar-refractivity contribution in [3.63, 3.8) is 0 Å². The van der Waals surface area contributed by atoms with Crippen LogP contribution in [0.15, 0.2) is 46.9 Å². The first-order valence-corrected chi connectivity index (χ1v) is 10.9. The lowest BCUT2D eigenvalue weighted by atomic mass is 9.94. The lowest BCUT2D eigenvalue weighted by Crippen LogP contribution is -2.10. The number of aryl methyl sites for hydroxylation is 3. The molecule has 30 heavy (non-hydrogen) atoms. The minimum absolute atomic E-state index is 0.134. The van der Waals surface area contributed by atoms with Crippen molar-refractivity contribution in [3.8, 4) is 5.75 Å². The first-order valence-electron chi connectivity index (χ1n) is 10.9. The number of fused-ring (bicyclic) bond motifs is 3. The molecule has 0 fully saturated rings. The number of carbonyl (C=O) groups excluding carboxylic acids is 1. The fourth-order valence-electron chi connectivity index (χ4n) is 4.27. The number of anilines is 1. The molecule has 1 amide bonds. The largest absolute Gasteiger partial charge is 0.493 e. The van der Waals surface area contributed by atoms with Crippen molar-refractivity contribution < 1.29 is 13.9 Å². The van der Waals surface area contributed by atoms with Crippen molar-refractivity contribution in [1.82, 2.24) is 0 Å². The smallest absolute Gasteiger partial charge is 0.248 e. The molecule has 1 aliphatic carbocycles. The van der Waals surface area contributed by atoms with Gasteiger partial charge in [0.25, 0.3) is 0 Å². The Morgan fingerprint density at radius 1 is 1.17 bits per heavy atom. The Morgan fingerprint density at radius 2 is 1.97 bits per heavy atom. The van der Waals surface area contributed by atoms with Gasteiger partial charge in [-0.05, 0) is 62.8 Å². The number of carbonyl (C=O) groups is 1. The summed E-state index contributed by atoms with van der Waals surface area (Å²) in [5, 5.41) is 4.17. The number of furan rings is 1. The van der Waals surface area contributed by atoms with E-state index in [4.69, 9.17) is 9.15 Å². The number of rotatable bonds is 6. The molecular weight excluding hydrogens is 374 g/mol. The van der Waals surface area contributed by atoms with Gasteiger partial charge in [-0.25, -0.2) is 0 Å². The average Bonchev–Trinajstić information content (AvgIpc) is 3.11. The first kappa shape index (κ1) is 20.3. The van der Waals surface area contributed by atoms with Gasteiger partial charge in [0.1, 0.15) is 17.1 Å². The van der Waals surface area contributed by atoms with E-state index in [-0.39, 0.29) is 5.91 Å². The Morgan fingerprint density at radius 3 is 2.77 bits per heavy atom. The second-order valence-corrected chi connectivity index (χ2v) is 7.82. The van der Waals surface area contributed by atoms with E-state index in [2.05, 4.69) is 18.3 Å². The van der Waals surface area contributed by atoms with Crippen LogP contribution in [0.1, 0.15) is 56.1 Å². The summed E-state index contributed by atoms with van der Waals surface area (Å²) in [6, 6.07) is 12.0. The molecule has 0 radical (unpaired) electrons. The van der Waals surface area contributed by atoms with Crippen LogP contribution in [0.4, 0.5) is 5.69 Å². The zero-order valence-corrected chi connectivity index (χ0v) is 18.0. The lowest BCUT2D eigenvalue weighted by Gasteiger charge is -2.13. The summed E-state index contributed by atoms with van der Waals surface area (Å²) in [7, 11) is 0. The standard InChI is InChI=1S/C26H29NO3/c1-4-18-10-6-8-12-22(18)27-26(28)14-17(3)20-15-21-19-11-7-9-13-23(19)30-25(21)16-24(20)29-5-2/h6,8,10,12,14-16H,4-5,7,9,11,13H2,1-3H3,(H,27,28)/b17-14+. The number of ether oxygens (including phenoxy) is 1. The molecule has 0 spiro atoms. The van der Waals surface area contributed by atoms with Gasteiger partial charge in [0.2, 0.25) is 5.91 Å². The van der Waals surface area contributed by atoms with Crippen LogP contribution in [-0.4, -0.2) is 12.5 Å². The van der Waals surface area contributed by atoms with Crippen LogP contribution >= 0.6 is 0 Å². The van der Waals surface area contributed by atoms with Gasteiger partial charge in [0, 0.05) is 40.8 Å². The highest BCUT2D eigenvalue weighted by atomic mass is 16.5. The Labute approximate surface area is 177 Å². The molecule has 1 aliphatic rings. The van der Waals surface area contributed by atoms with E-state index in [9.17, 15) is 4.79 Å². The highest BCUT2D eigenvalue weighted by Gasteiger charge is 2.20. The molecule has 4 rings (SSSR count). The number of nitrogens with one attached hydrogen (secondary N) is 1. The van der Waals surface area contributed by atoms with Crippen LogP contribution in [0, 0.1) is 0 Å². The summed E-state index contributed by atoms with van der Waals surface area (Å²) < 4.78 is 12.0. The molecule has 156 valence electrons. The minimum Gasteiger partial charge on any atom is -0.493 e. The topological polar surface area (TPSA) is 51.5 Å². The molecule has 3 aromatic rings. The minimum atomic E-state index is -0.134. The van der Waals surface area contributed by atoms with E-state index >= 15 is 0 Å². The van der Waals surface area contributed by atoms with E-state index in [0.717, 1.165) is 64.1 Å². The molecule has 0 atom stereocenters. The SMILES string of the molecule is CCOc1cc2oc3c(c2cc1/C(C)=C/C(=O)Nc1ccccc1CC)CCCC3. The quantitative estimate of drug-likeness (QED) is 0.490. The van der Waals surface area contributed by atoms with Gasteiger partial charge in [0.05, 0.1) is 6.61 Å². The van der Waals surface area contributed by atoms with Crippen molar-refractivity contribution >= 4 is 28.1 Å². The highest BCUT2D eigenvalue weighted by molar-refractivity contribution is 6.05. The highest BCUT2D eigenvalue weighted by Crippen LogP contribution is 2.38. The predicted octanol–water partition coefficient (Wildman–Crippen LogP) is 6.31. The molecule has 0 unspecified atom stereocenters. The van der Waals surface area contributed by atoms with Gasteiger partial charge in [-0.3, -0.25) is 4.79 Å². The van der Waals surface area contributed by atoms with E-state index in [1.165, 1.54) is 18.4 Å². The van der Waals surface area contributed by atoms with Crippen molar-refractivity contribution in [2.75, 3.05) is 11.9 Å². The van der Waals surface area contributed by atoms with Crippen LogP contribution in [0.3, 0.4) is 0 Å². The predicted molar refractivity (Wildman–Crippen MR) is 122 cm³/mol. The molecular formula is C26H29NO3. The molecule has 4 nitrogen and oxygen atoms in total. The van der Waals surface area contributed by atoms with Crippen LogP contribution in [0.2, 0.25) is 0 Å². The number of hydrogen-bond acceptors (Lipinski definition) is 3. The van der Waals surface area contributed by atoms with E-state index < -0.39 is 0 Å². The molecule has 1 aromatic heterocycles. The third-order valence-electron chi connectivity index (χ3n) is 5.79. The van der Waals surface area contributed by atoms with E-state index in [0.29, 0.717) is 6.61 Å². The fourth-order valence-corrected chi connectivity index (χ4v) is 4.27. The number of hydrogen-bond donors (Lipinski definition) is 1. The second kappa shape index (κ2) is 8.78. The molecule has 2 aromatic carbocycles. The van der Waals surface area contributed by atoms with E-state index in [1.807, 2.05) is 44.2 Å². The molecule has 0 bridgehead atoms. The maximum absolute atomic E-state index is 12.7. The zero-order chi connectivity index (χ0) is 21.1. The summed E-state index contributed by atoms with van der Waals surface area (Å²) in [6.07, 6.45) is 6.94. The Hall–Kier alpha value is -3.01. The summed E-state index contributed by atoms with van der Waals surface area (Å²) in [5.74, 6) is 1.73. The van der Waals surface area contributed by atoms with Gasteiger partial charge in [0.15, 0.2) is 0 Å². The van der Waals surface area contributed by atoms with Crippen molar-refractivity contribution in [2.24, 2.45) is 0 Å². The van der Waals surface area contributed by atoms with Gasteiger partial charge in [-0.1, -0.05) is 25.1 Å². The van der Waals surface area contributed by atoms with Gasteiger partial charge < -0.3 is 14.5 Å². The average molecular weight is 404 g/mol. The van der Waals surface area contributed by atoms with Crippen LogP contribution in [0.25, 0.3) is 16.5 Å². The van der Waals surface area contributed by atoms with E-state index in [1.54, 1.807) is 6.08 Å². The van der Waals surface area contributed by atoms with Crippen molar-refractivity contribution in [3.05, 3.63) is 64.9 Å². The lowest BCUT2D eigenvalue weighted by molar-refractivity contribution is -0.111. The van der Waals surface area contributed by atoms with Gasteiger partial charge in [-0.2, -0.15) is 0 Å². The maximum atomic E-state index is 12.7. The fraction of sp³-hybridized carbons (Fsp3) is 0.346. The third-order valence-corrected chi connectivity index (χ3v) is 5.79. The summed E-state index contributed by atoms with van der Waals surface area (Å²) in [4.78, 5) is 12.7. The Balaban J connectivity index is 1.69. The molecule has 1 heterocycles. The van der Waals surface area contributed by atoms with Gasteiger partial charge >= 0.3 is 0 Å². The van der Waals surface area contributed by atoms with Crippen molar-refractivity contribution in [2.45, 2.75) is 52.9 Å². The number of para-hydroxylation sites is 1. The Bertz CT molecular complexity index is 1110.